The maximum absolute atomic E-state index is 12.1. The largest absolute Gasteiger partial charge is 0.497 e. The summed E-state index contributed by atoms with van der Waals surface area (Å²) in [5.41, 5.74) is 1.96. The van der Waals surface area contributed by atoms with E-state index in [-0.39, 0.29) is 5.91 Å². The number of ether oxygens (including phenoxy) is 1. The molecule has 1 aromatic heterocycles. The van der Waals surface area contributed by atoms with E-state index in [0.717, 1.165) is 30.0 Å². The van der Waals surface area contributed by atoms with Crippen LogP contribution in [0.25, 0.3) is 0 Å². The summed E-state index contributed by atoms with van der Waals surface area (Å²) in [6.45, 7) is 1.84. The Morgan fingerprint density at radius 2 is 1.95 bits per heavy atom. The minimum Gasteiger partial charge on any atom is -0.497 e. The van der Waals surface area contributed by atoms with Crippen LogP contribution < -0.4 is 15.4 Å². The Morgan fingerprint density at radius 1 is 1.23 bits per heavy atom. The Bertz CT molecular complexity index is 681. The van der Waals surface area contributed by atoms with Gasteiger partial charge in [0.2, 0.25) is 5.95 Å². The van der Waals surface area contributed by atoms with Crippen molar-refractivity contribution in [3.05, 3.63) is 41.7 Å². The number of benzene rings is 1. The van der Waals surface area contributed by atoms with Gasteiger partial charge in [0.05, 0.1) is 7.11 Å². The zero-order valence-electron chi connectivity index (χ0n) is 12.6. The summed E-state index contributed by atoms with van der Waals surface area (Å²) >= 11 is 0. The predicted molar refractivity (Wildman–Crippen MR) is 83.5 cm³/mol. The van der Waals surface area contributed by atoms with Gasteiger partial charge in [-0.05, 0) is 50.1 Å². The SMILES string of the molecule is COc1ccc(Nc2nc(C)cc(C(=O)NC3CC3)n2)cc1. The first kappa shape index (κ1) is 14.3. The van der Waals surface area contributed by atoms with Gasteiger partial charge in [0.25, 0.3) is 5.91 Å². The Balaban J connectivity index is 1.77. The topological polar surface area (TPSA) is 76.1 Å². The quantitative estimate of drug-likeness (QED) is 0.886. The van der Waals surface area contributed by atoms with E-state index in [0.29, 0.717) is 17.7 Å². The van der Waals surface area contributed by atoms with Crippen LogP contribution in [0.2, 0.25) is 0 Å². The summed E-state index contributed by atoms with van der Waals surface area (Å²) in [7, 11) is 1.62. The molecular formula is C16H18N4O2. The highest BCUT2D eigenvalue weighted by Crippen LogP contribution is 2.20. The van der Waals surface area contributed by atoms with Gasteiger partial charge >= 0.3 is 0 Å². The van der Waals surface area contributed by atoms with Crippen LogP contribution in [0.3, 0.4) is 0 Å². The molecule has 0 radical (unpaired) electrons. The van der Waals surface area contributed by atoms with Gasteiger partial charge in [-0.1, -0.05) is 0 Å². The molecule has 1 fully saturated rings. The van der Waals surface area contributed by atoms with Crippen LogP contribution >= 0.6 is 0 Å². The van der Waals surface area contributed by atoms with Gasteiger partial charge in [-0.15, -0.1) is 0 Å². The van der Waals surface area contributed by atoms with Crippen LogP contribution in [-0.2, 0) is 0 Å². The first-order valence-electron chi connectivity index (χ1n) is 7.21. The Morgan fingerprint density at radius 3 is 2.59 bits per heavy atom. The van der Waals surface area contributed by atoms with E-state index in [4.69, 9.17) is 4.74 Å². The van der Waals surface area contributed by atoms with Gasteiger partial charge in [0.15, 0.2) is 0 Å². The number of hydrogen-bond donors (Lipinski definition) is 2. The van der Waals surface area contributed by atoms with Crippen molar-refractivity contribution in [1.82, 2.24) is 15.3 Å². The highest BCUT2D eigenvalue weighted by atomic mass is 16.5. The van der Waals surface area contributed by atoms with Crippen LogP contribution in [0.1, 0.15) is 29.0 Å². The second-order valence-corrected chi connectivity index (χ2v) is 5.32. The van der Waals surface area contributed by atoms with E-state index in [1.807, 2.05) is 31.2 Å². The van der Waals surface area contributed by atoms with E-state index in [1.165, 1.54) is 0 Å². The monoisotopic (exact) mass is 298 g/mol. The second-order valence-electron chi connectivity index (χ2n) is 5.32. The minimum atomic E-state index is -0.147. The molecular weight excluding hydrogens is 280 g/mol. The minimum absolute atomic E-state index is 0.147. The van der Waals surface area contributed by atoms with Crippen LogP contribution in [0.4, 0.5) is 11.6 Å². The van der Waals surface area contributed by atoms with Crippen molar-refractivity contribution in [2.45, 2.75) is 25.8 Å². The number of amides is 1. The zero-order chi connectivity index (χ0) is 15.5. The van der Waals surface area contributed by atoms with E-state index >= 15 is 0 Å². The molecule has 0 unspecified atom stereocenters. The lowest BCUT2D eigenvalue weighted by atomic mass is 10.3. The fourth-order valence-corrected chi connectivity index (χ4v) is 2.03. The van der Waals surface area contributed by atoms with Gasteiger partial charge in [-0.25, -0.2) is 9.97 Å². The molecule has 6 heteroatoms. The number of anilines is 2. The van der Waals surface area contributed by atoms with Gasteiger partial charge in [-0.3, -0.25) is 4.79 Å². The fraction of sp³-hybridized carbons (Fsp3) is 0.312. The van der Waals surface area contributed by atoms with Gasteiger partial charge in [0.1, 0.15) is 11.4 Å². The smallest absolute Gasteiger partial charge is 0.270 e. The van der Waals surface area contributed by atoms with Gasteiger partial charge in [0, 0.05) is 17.4 Å². The molecule has 1 amide bonds. The van der Waals surface area contributed by atoms with Crippen LogP contribution in [0.5, 0.6) is 5.75 Å². The standard InChI is InChI=1S/C16H18N4O2/c1-10-9-14(15(21)18-11-3-4-11)20-16(17-10)19-12-5-7-13(22-2)8-6-12/h5-9,11H,3-4H2,1-2H3,(H,18,21)(H,17,19,20). The number of nitrogens with zero attached hydrogens (tertiary/aromatic N) is 2. The number of aryl methyl sites for hydroxylation is 1. The molecule has 2 N–H and O–H groups in total. The normalized spacial score (nSPS) is 13.5. The number of carbonyl (C=O) groups is 1. The molecule has 1 heterocycles. The van der Waals surface area contributed by atoms with Crippen LogP contribution in [0.15, 0.2) is 30.3 Å². The summed E-state index contributed by atoms with van der Waals surface area (Å²) < 4.78 is 5.12. The molecule has 2 aromatic rings. The third-order valence-corrected chi connectivity index (χ3v) is 3.35. The number of hydrogen-bond acceptors (Lipinski definition) is 5. The Hall–Kier alpha value is -2.63. The third kappa shape index (κ3) is 3.52. The van der Waals surface area contributed by atoms with Crippen molar-refractivity contribution in [2.24, 2.45) is 0 Å². The highest BCUT2D eigenvalue weighted by Gasteiger charge is 2.24. The maximum Gasteiger partial charge on any atom is 0.270 e. The van der Waals surface area contributed by atoms with Crippen molar-refractivity contribution in [3.63, 3.8) is 0 Å². The fourth-order valence-electron chi connectivity index (χ4n) is 2.03. The van der Waals surface area contributed by atoms with Crippen LogP contribution in [0, 0.1) is 6.92 Å². The average Bonchev–Trinajstić information content (AvgIpc) is 3.31. The van der Waals surface area contributed by atoms with E-state index in [9.17, 15) is 4.79 Å². The number of rotatable bonds is 5. The lowest BCUT2D eigenvalue weighted by Gasteiger charge is -2.09. The predicted octanol–water partition coefficient (Wildman–Crippen LogP) is 2.43. The Labute approximate surface area is 128 Å². The van der Waals surface area contributed by atoms with E-state index < -0.39 is 0 Å². The number of methoxy groups -OCH3 is 1. The number of aromatic nitrogens is 2. The first-order chi connectivity index (χ1) is 10.6. The molecule has 1 aliphatic rings. The van der Waals surface area contributed by atoms with Crippen molar-refractivity contribution in [3.8, 4) is 5.75 Å². The van der Waals surface area contributed by atoms with E-state index in [2.05, 4.69) is 20.6 Å². The van der Waals surface area contributed by atoms with Crippen molar-refractivity contribution in [2.75, 3.05) is 12.4 Å². The van der Waals surface area contributed by atoms with Gasteiger partial charge < -0.3 is 15.4 Å². The summed E-state index contributed by atoms with van der Waals surface area (Å²) in [4.78, 5) is 20.7. The van der Waals surface area contributed by atoms with Gasteiger partial charge in [-0.2, -0.15) is 0 Å². The van der Waals surface area contributed by atoms with Crippen molar-refractivity contribution in [1.29, 1.82) is 0 Å². The Kier molecular flexibility index (Phi) is 3.91. The molecule has 0 bridgehead atoms. The maximum atomic E-state index is 12.1. The number of carbonyl (C=O) groups excluding carboxylic acids is 1. The lowest BCUT2D eigenvalue weighted by molar-refractivity contribution is 0.0946. The molecule has 1 saturated carbocycles. The highest BCUT2D eigenvalue weighted by molar-refractivity contribution is 5.93. The summed E-state index contributed by atoms with van der Waals surface area (Å²) in [6, 6.07) is 9.43. The molecule has 114 valence electrons. The van der Waals surface area contributed by atoms with Crippen LogP contribution in [-0.4, -0.2) is 29.0 Å². The first-order valence-corrected chi connectivity index (χ1v) is 7.21. The number of nitrogens with one attached hydrogen (secondary N) is 2. The summed E-state index contributed by atoms with van der Waals surface area (Å²) in [5, 5.41) is 6.03. The van der Waals surface area contributed by atoms with Crippen molar-refractivity contribution < 1.29 is 9.53 Å². The van der Waals surface area contributed by atoms with Crippen molar-refractivity contribution >= 4 is 17.5 Å². The second kappa shape index (κ2) is 6.01. The average molecular weight is 298 g/mol. The third-order valence-electron chi connectivity index (χ3n) is 3.35. The lowest BCUT2D eigenvalue weighted by Crippen LogP contribution is -2.26. The molecule has 1 aliphatic carbocycles. The summed E-state index contributed by atoms with van der Waals surface area (Å²) in [5.74, 6) is 1.04. The molecule has 1 aromatic carbocycles. The molecule has 6 nitrogen and oxygen atoms in total. The molecule has 0 spiro atoms. The molecule has 0 aliphatic heterocycles. The molecule has 0 saturated heterocycles. The summed E-state index contributed by atoms with van der Waals surface area (Å²) in [6.07, 6.45) is 2.10. The molecule has 0 atom stereocenters. The molecule has 22 heavy (non-hydrogen) atoms. The zero-order valence-corrected chi connectivity index (χ0v) is 12.6. The van der Waals surface area contributed by atoms with E-state index in [1.54, 1.807) is 13.2 Å². The molecule has 3 rings (SSSR count).